The number of alkyl halides is 1. The second-order valence-corrected chi connectivity index (χ2v) is 7.68. The summed E-state index contributed by atoms with van der Waals surface area (Å²) in [5.41, 5.74) is 4.56. The number of nitrogens with one attached hydrogen (secondary N) is 1. The van der Waals surface area contributed by atoms with Crippen molar-refractivity contribution in [2.24, 2.45) is 5.73 Å². The number of halogens is 1. The zero-order valence-electron chi connectivity index (χ0n) is 16.9. The van der Waals surface area contributed by atoms with Gasteiger partial charge in [-0.2, -0.15) is 5.26 Å². The van der Waals surface area contributed by atoms with Crippen molar-refractivity contribution in [2.75, 3.05) is 12.4 Å². The molecule has 8 nitrogen and oxygen atoms in total. The average Bonchev–Trinajstić information content (AvgIpc) is 2.65. The van der Waals surface area contributed by atoms with Gasteiger partial charge in [0.2, 0.25) is 5.88 Å². The third-order valence-electron chi connectivity index (χ3n) is 4.32. The van der Waals surface area contributed by atoms with Crippen LogP contribution in [0, 0.1) is 11.3 Å². The van der Waals surface area contributed by atoms with Crippen molar-refractivity contribution in [1.82, 2.24) is 19.9 Å². The lowest BCUT2D eigenvalue weighted by atomic mass is 9.93. The lowest BCUT2D eigenvalue weighted by molar-refractivity contribution is 0.213. The minimum absolute atomic E-state index is 0.0413. The summed E-state index contributed by atoms with van der Waals surface area (Å²) in [6.07, 6.45) is 4.66. The topological polar surface area (TPSA) is 123 Å². The molecule has 9 heteroatoms. The molecule has 0 amide bonds. The fraction of sp³-hybridized carbons (Fsp3) is 0.350. The third kappa shape index (κ3) is 4.07. The molecule has 0 spiro atoms. The van der Waals surface area contributed by atoms with Crippen molar-refractivity contribution < 1.29 is 9.13 Å². The minimum atomic E-state index is -1.82. The van der Waals surface area contributed by atoms with Gasteiger partial charge < -0.3 is 15.8 Å². The van der Waals surface area contributed by atoms with Crippen molar-refractivity contribution in [3.8, 4) is 11.9 Å². The van der Waals surface area contributed by atoms with E-state index in [0.29, 0.717) is 17.1 Å². The van der Waals surface area contributed by atoms with Crippen LogP contribution < -0.4 is 15.8 Å². The maximum absolute atomic E-state index is 14.4. The number of ether oxygens (including phenoxy) is 1. The van der Waals surface area contributed by atoms with E-state index in [1.807, 2.05) is 19.9 Å². The molecule has 3 aromatic heterocycles. The van der Waals surface area contributed by atoms with Crippen LogP contribution in [0.4, 0.5) is 16.0 Å². The molecule has 3 aromatic rings. The van der Waals surface area contributed by atoms with Crippen molar-refractivity contribution in [3.05, 3.63) is 41.6 Å². The minimum Gasteiger partial charge on any atom is -0.481 e. The van der Waals surface area contributed by atoms with Gasteiger partial charge in [-0.25, -0.2) is 24.3 Å². The summed E-state index contributed by atoms with van der Waals surface area (Å²) in [7, 11) is 1.54. The van der Waals surface area contributed by atoms with Crippen molar-refractivity contribution >= 4 is 22.4 Å². The summed E-state index contributed by atoms with van der Waals surface area (Å²) in [6, 6.07) is 3.66. The van der Waals surface area contributed by atoms with Gasteiger partial charge >= 0.3 is 0 Å². The lowest BCUT2D eigenvalue weighted by Crippen LogP contribution is -2.29. The molecule has 0 radical (unpaired) electrons. The van der Waals surface area contributed by atoms with Gasteiger partial charge in [-0.05, 0) is 44.7 Å². The van der Waals surface area contributed by atoms with Crippen LogP contribution in [0.5, 0.6) is 5.88 Å². The zero-order valence-corrected chi connectivity index (χ0v) is 16.9. The molecule has 0 saturated heterocycles. The van der Waals surface area contributed by atoms with Crippen LogP contribution in [0.25, 0.3) is 10.8 Å². The monoisotopic (exact) mass is 395 g/mol. The predicted molar refractivity (Wildman–Crippen MR) is 107 cm³/mol. The Labute approximate surface area is 168 Å². The molecule has 3 heterocycles. The second-order valence-electron chi connectivity index (χ2n) is 7.68. The molecule has 0 fully saturated rings. The number of fused-ring (bicyclic) bond motifs is 1. The summed E-state index contributed by atoms with van der Waals surface area (Å²) in [4.78, 5) is 16.9. The first kappa shape index (κ1) is 20.4. The SMILES string of the molecule is COc1ncc(C(C)(C)N)c2cc(Nc3cnc(C#N)c(C(C)(C)F)n3)ncc12. The van der Waals surface area contributed by atoms with Crippen LogP contribution in [-0.2, 0) is 11.2 Å². The van der Waals surface area contributed by atoms with Crippen LogP contribution in [-0.4, -0.2) is 27.0 Å². The number of aromatic nitrogens is 4. The summed E-state index contributed by atoms with van der Waals surface area (Å²) in [5.74, 6) is 1.16. The van der Waals surface area contributed by atoms with Gasteiger partial charge in [0.25, 0.3) is 0 Å². The summed E-state index contributed by atoms with van der Waals surface area (Å²) in [5, 5.41) is 13.7. The molecule has 3 rings (SSSR count). The Morgan fingerprint density at radius 3 is 2.38 bits per heavy atom. The summed E-state index contributed by atoms with van der Waals surface area (Å²) < 4.78 is 19.8. The first-order chi connectivity index (χ1) is 13.5. The molecule has 0 unspecified atom stereocenters. The fourth-order valence-corrected chi connectivity index (χ4v) is 2.93. The Bertz CT molecular complexity index is 1110. The first-order valence-corrected chi connectivity index (χ1v) is 8.90. The highest BCUT2D eigenvalue weighted by atomic mass is 19.1. The molecule has 0 aliphatic carbocycles. The van der Waals surface area contributed by atoms with E-state index in [-0.39, 0.29) is 17.2 Å². The van der Waals surface area contributed by atoms with E-state index in [2.05, 4.69) is 25.3 Å². The maximum Gasteiger partial charge on any atom is 0.222 e. The Morgan fingerprint density at radius 2 is 1.79 bits per heavy atom. The van der Waals surface area contributed by atoms with E-state index in [9.17, 15) is 4.39 Å². The number of nitrogens with two attached hydrogens (primary N) is 1. The molecule has 0 aliphatic rings. The molecular weight excluding hydrogens is 373 g/mol. The van der Waals surface area contributed by atoms with Gasteiger partial charge in [-0.1, -0.05) is 0 Å². The molecule has 3 N–H and O–H groups in total. The Balaban J connectivity index is 2.09. The van der Waals surface area contributed by atoms with E-state index < -0.39 is 11.2 Å². The Morgan fingerprint density at radius 1 is 1.07 bits per heavy atom. The molecule has 0 aliphatic heterocycles. The molecule has 150 valence electrons. The molecule has 0 saturated carbocycles. The summed E-state index contributed by atoms with van der Waals surface area (Å²) in [6.45, 7) is 6.41. The molecular formula is C20H22FN7O. The van der Waals surface area contributed by atoms with Crippen molar-refractivity contribution in [1.29, 1.82) is 5.26 Å². The van der Waals surface area contributed by atoms with Crippen LogP contribution in [0.1, 0.15) is 44.6 Å². The molecule has 29 heavy (non-hydrogen) atoms. The van der Waals surface area contributed by atoms with E-state index in [1.165, 1.54) is 27.2 Å². The van der Waals surface area contributed by atoms with Gasteiger partial charge in [0, 0.05) is 17.9 Å². The number of hydrogen-bond acceptors (Lipinski definition) is 8. The van der Waals surface area contributed by atoms with Crippen LogP contribution in [0.2, 0.25) is 0 Å². The van der Waals surface area contributed by atoms with Crippen molar-refractivity contribution in [2.45, 2.75) is 38.9 Å². The number of nitrogens with zero attached hydrogens (tertiary/aromatic N) is 5. The number of methoxy groups -OCH3 is 1. The largest absolute Gasteiger partial charge is 0.481 e. The maximum atomic E-state index is 14.4. The number of anilines is 2. The third-order valence-corrected chi connectivity index (χ3v) is 4.32. The van der Waals surface area contributed by atoms with Gasteiger partial charge in [-0.15, -0.1) is 0 Å². The summed E-state index contributed by atoms with van der Waals surface area (Å²) >= 11 is 0. The molecule has 0 atom stereocenters. The smallest absolute Gasteiger partial charge is 0.222 e. The van der Waals surface area contributed by atoms with Crippen molar-refractivity contribution in [3.63, 3.8) is 0 Å². The predicted octanol–water partition coefficient (Wildman–Crippen LogP) is 3.44. The Hall–Kier alpha value is -3.38. The van der Waals surface area contributed by atoms with Gasteiger partial charge in [0.05, 0.1) is 18.7 Å². The standard InChI is InChI=1S/C20H22FN7O/c1-19(2,21)17-14(7-22)24-10-16(28-17)27-15-6-11-12(8-25-15)18(29-5)26-9-13(11)20(3,4)23/h6,8-10H,23H2,1-5H3,(H,25,27,28). The highest BCUT2D eigenvalue weighted by molar-refractivity contribution is 5.91. The van der Waals surface area contributed by atoms with E-state index in [0.717, 1.165) is 10.9 Å². The Kier molecular flexibility index (Phi) is 5.07. The first-order valence-electron chi connectivity index (χ1n) is 8.90. The molecule has 0 aromatic carbocycles. The van der Waals surface area contributed by atoms with Gasteiger partial charge in [0.1, 0.15) is 23.2 Å². The number of nitriles is 1. The number of hydrogen-bond donors (Lipinski definition) is 2. The van der Waals surface area contributed by atoms with E-state index in [1.54, 1.807) is 18.5 Å². The van der Waals surface area contributed by atoms with Crippen LogP contribution in [0.3, 0.4) is 0 Å². The zero-order chi connectivity index (χ0) is 21.4. The normalized spacial score (nSPS) is 11.9. The molecule has 0 bridgehead atoms. The quantitative estimate of drug-likeness (QED) is 0.673. The van der Waals surface area contributed by atoms with Crippen LogP contribution in [0.15, 0.2) is 24.7 Å². The van der Waals surface area contributed by atoms with Crippen LogP contribution >= 0.6 is 0 Å². The average molecular weight is 395 g/mol. The highest BCUT2D eigenvalue weighted by Gasteiger charge is 2.26. The number of pyridine rings is 2. The van der Waals surface area contributed by atoms with E-state index >= 15 is 0 Å². The van der Waals surface area contributed by atoms with E-state index in [4.69, 9.17) is 15.7 Å². The second kappa shape index (κ2) is 7.22. The fourth-order valence-electron chi connectivity index (χ4n) is 2.93. The number of rotatable bonds is 5. The van der Waals surface area contributed by atoms with Gasteiger partial charge in [-0.3, -0.25) is 0 Å². The van der Waals surface area contributed by atoms with Gasteiger partial charge in [0.15, 0.2) is 11.5 Å². The lowest BCUT2D eigenvalue weighted by Gasteiger charge is -2.22. The highest BCUT2D eigenvalue weighted by Crippen LogP contribution is 2.33.